The summed E-state index contributed by atoms with van der Waals surface area (Å²) in [7, 11) is 0. The minimum absolute atomic E-state index is 0.107. The van der Waals surface area contributed by atoms with Gasteiger partial charge in [0.05, 0.1) is 34.6 Å². The van der Waals surface area contributed by atoms with E-state index in [1.807, 2.05) is 30.4 Å². The van der Waals surface area contributed by atoms with Crippen LogP contribution < -0.4 is 5.32 Å². The molecule has 154 valence electrons. The Morgan fingerprint density at radius 3 is 2.77 bits per heavy atom. The molecule has 4 rings (SSSR count). The maximum Gasteiger partial charge on any atom is 0.340 e. The van der Waals surface area contributed by atoms with Gasteiger partial charge in [-0.3, -0.25) is 9.20 Å². The fourth-order valence-corrected chi connectivity index (χ4v) is 3.97. The van der Waals surface area contributed by atoms with E-state index < -0.39 is 5.97 Å². The number of benzene rings is 1. The summed E-state index contributed by atoms with van der Waals surface area (Å²) < 4.78 is 12.7. The van der Waals surface area contributed by atoms with E-state index in [9.17, 15) is 9.59 Å². The third-order valence-electron chi connectivity index (χ3n) is 4.48. The number of ether oxygens (including phenoxy) is 1. The molecule has 0 aliphatic heterocycles. The van der Waals surface area contributed by atoms with Crippen molar-refractivity contribution in [2.75, 3.05) is 17.7 Å². The maximum absolute atomic E-state index is 12.5. The summed E-state index contributed by atoms with van der Waals surface area (Å²) in [5.41, 5.74) is 3.24. The van der Waals surface area contributed by atoms with Gasteiger partial charge in [-0.05, 0) is 32.9 Å². The molecule has 0 atom stereocenters. The standard InChI is InChI=1S/C21H20N4O4S/c1-4-28-21(27)14-7-5-6-8-15(14)22-19(26)11-30-20-17-10-18-16(9-12(2)29-18)25(17)13(3)23-24-20/h5-10H,4,11H2,1-3H3,(H,22,26). The van der Waals surface area contributed by atoms with Crippen LogP contribution in [0.4, 0.5) is 5.69 Å². The number of carbonyl (C=O) groups excluding carboxylic acids is 2. The van der Waals surface area contributed by atoms with E-state index in [0.29, 0.717) is 16.3 Å². The molecule has 0 unspecified atom stereocenters. The molecular formula is C21H20N4O4S. The van der Waals surface area contributed by atoms with Crippen molar-refractivity contribution in [2.24, 2.45) is 0 Å². The lowest BCUT2D eigenvalue weighted by molar-refractivity contribution is -0.113. The van der Waals surface area contributed by atoms with Gasteiger partial charge in [0.1, 0.15) is 16.6 Å². The molecule has 0 spiro atoms. The first-order chi connectivity index (χ1) is 14.5. The van der Waals surface area contributed by atoms with Crippen LogP contribution in [0, 0.1) is 13.8 Å². The van der Waals surface area contributed by atoms with E-state index in [1.54, 1.807) is 31.2 Å². The molecule has 3 heterocycles. The van der Waals surface area contributed by atoms with Gasteiger partial charge >= 0.3 is 5.97 Å². The zero-order chi connectivity index (χ0) is 21.3. The minimum atomic E-state index is -0.474. The van der Waals surface area contributed by atoms with Gasteiger partial charge in [-0.25, -0.2) is 4.79 Å². The van der Waals surface area contributed by atoms with Gasteiger partial charge in [0.2, 0.25) is 5.91 Å². The summed E-state index contributed by atoms with van der Waals surface area (Å²) in [5.74, 6) is 0.926. The summed E-state index contributed by atoms with van der Waals surface area (Å²) in [6, 6.07) is 10.6. The van der Waals surface area contributed by atoms with Gasteiger partial charge in [-0.15, -0.1) is 10.2 Å². The Labute approximate surface area is 176 Å². The molecule has 0 bridgehead atoms. The molecule has 1 N–H and O–H groups in total. The van der Waals surface area contributed by atoms with Crippen LogP contribution in [0.1, 0.15) is 28.9 Å². The Balaban J connectivity index is 1.53. The highest BCUT2D eigenvalue weighted by Crippen LogP contribution is 2.30. The molecule has 30 heavy (non-hydrogen) atoms. The Kier molecular flexibility index (Phi) is 5.45. The number of aromatic nitrogens is 3. The number of esters is 1. The monoisotopic (exact) mass is 424 g/mol. The lowest BCUT2D eigenvalue weighted by Gasteiger charge is -2.10. The third-order valence-corrected chi connectivity index (χ3v) is 5.45. The van der Waals surface area contributed by atoms with Crippen molar-refractivity contribution in [3.05, 3.63) is 53.5 Å². The molecule has 0 aliphatic carbocycles. The van der Waals surface area contributed by atoms with E-state index >= 15 is 0 Å². The van der Waals surface area contributed by atoms with Gasteiger partial charge in [0, 0.05) is 12.1 Å². The van der Waals surface area contributed by atoms with E-state index in [1.165, 1.54) is 11.8 Å². The molecule has 0 aliphatic rings. The van der Waals surface area contributed by atoms with Crippen molar-refractivity contribution in [3.63, 3.8) is 0 Å². The molecule has 3 aromatic heterocycles. The number of nitrogens with one attached hydrogen (secondary N) is 1. The van der Waals surface area contributed by atoms with Crippen molar-refractivity contribution in [1.29, 1.82) is 0 Å². The van der Waals surface area contributed by atoms with Crippen LogP contribution in [-0.2, 0) is 9.53 Å². The van der Waals surface area contributed by atoms with Gasteiger partial charge in [-0.2, -0.15) is 0 Å². The first-order valence-corrected chi connectivity index (χ1v) is 10.4. The molecule has 9 heteroatoms. The van der Waals surface area contributed by atoms with Gasteiger partial charge in [0.15, 0.2) is 5.58 Å². The van der Waals surface area contributed by atoms with Gasteiger partial charge in [-0.1, -0.05) is 23.9 Å². The minimum Gasteiger partial charge on any atom is -0.462 e. The first kappa shape index (κ1) is 20.0. The van der Waals surface area contributed by atoms with Crippen LogP contribution >= 0.6 is 11.8 Å². The zero-order valence-corrected chi connectivity index (χ0v) is 17.6. The fourth-order valence-electron chi connectivity index (χ4n) is 3.24. The molecule has 0 saturated carbocycles. The fraction of sp³-hybridized carbons (Fsp3) is 0.238. The van der Waals surface area contributed by atoms with Crippen LogP contribution in [0.15, 0.2) is 45.8 Å². The molecule has 4 aromatic rings. The van der Waals surface area contributed by atoms with E-state index in [-0.39, 0.29) is 18.3 Å². The quantitative estimate of drug-likeness (QED) is 0.369. The molecule has 0 fully saturated rings. The Morgan fingerprint density at radius 1 is 1.17 bits per heavy atom. The predicted octanol–water partition coefficient (Wildman–Crippen LogP) is 4.00. The van der Waals surface area contributed by atoms with Crippen LogP contribution in [-0.4, -0.2) is 38.8 Å². The second kappa shape index (κ2) is 8.19. The Hall–Kier alpha value is -3.33. The summed E-state index contributed by atoms with van der Waals surface area (Å²) in [5, 5.41) is 11.9. The lowest BCUT2D eigenvalue weighted by atomic mass is 10.2. The van der Waals surface area contributed by atoms with Crippen molar-refractivity contribution >= 4 is 45.9 Å². The number of hydrogen-bond donors (Lipinski definition) is 1. The maximum atomic E-state index is 12.5. The van der Waals surface area contributed by atoms with Crippen molar-refractivity contribution in [1.82, 2.24) is 14.6 Å². The summed E-state index contributed by atoms with van der Waals surface area (Å²) in [4.78, 5) is 24.6. The van der Waals surface area contributed by atoms with Crippen LogP contribution in [0.2, 0.25) is 0 Å². The number of carbonyl (C=O) groups is 2. The summed E-state index contributed by atoms with van der Waals surface area (Å²) in [6.45, 7) is 5.76. The second-order valence-electron chi connectivity index (χ2n) is 6.63. The highest BCUT2D eigenvalue weighted by atomic mass is 32.2. The number of aryl methyl sites for hydroxylation is 2. The topological polar surface area (TPSA) is 98.7 Å². The number of para-hydroxylation sites is 1. The average molecular weight is 424 g/mol. The van der Waals surface area contributed by atoms with Crippen molar-refractivity contribution in [3.8, 4) is 0 Å². The van der Waals surface area contributed by atoms with Gasteiger partial charge in [0.25, 0.3) is 0 Å². The van der Waals surface area contributed by atoms with E-state index in [2.05, 4.69) is 15.5 Å². The predicted molar refractivity (Wildman–Crippen MR) is 114 cm³/mol. The average Bonchev–Trinajstić information content (AvgIpc) is 3.24. The van der Waals surface area contributed by atoms with Crippen LogP contribution in [0.25, 0.3) is 16.6 Å². The van der Waals surface area contributed by atoms with Crippen LogP contribution in [0.5, 0.6) is 0 Å². The first-order valence-electron chi connectivity index (χ1n) is 9.41. The number of nitrogens with zero attached hydrogens (tertiary/aromatic N) is 3. The highest BCUT2D eigenvalue weighted by molar-refractivity contribution is 8.00. The molecule has 8 nitrogen and oxygen atoms in total. The molecule has 0 radical (unpaired) electrons. The number of rotatable bonds is 6. The number of anilines is 1. The second-order valence-corrected chi connectivity index (χ2v) is 7.59. The van der Waals surface area contributed by atoms with Gasteiger partial charge < -0.3 is 14.5 Å². The van der Waals surface area contributed by atoms with E-state index in [0.717, 1.165) is 28.2 Å². The Bertz CT molecular complexity index is 1260. The number of furan rings is 1. The number of thioether (sulfide) groups is 1. The number of fused-ring (bicyclic) bond motifs is 3. The normalized spacial score (nSPS) is 11.2. The third kappa shape index (κ3) is 3.76. The SMILES string of the molecule is CCOC(=O)c1ccccc1NC(=O)CSc1nnc(C)n2c1cc1oc(C)cc12. The zero-order valence-electron chi connectivity index (χ0n) is 16.8. The largest absolute Gasteiger partial charge is 0.462 e. The molecule has 1 aromatic carbocycles. The molecule has 0 saturated heterocycles. The van der Waals surface area contributed by atoms with Crippen molar-refractivity contribution in [2.45, 2.75) is 25.8 Å². The smallest absolute Gasteiger partial charge is 0.340 e. The summed E-state index contributed by atoms with van der Waals surface area (Å²) in [6.07, 6.45) is 0. The Morgan fingerprint density at radius 2 is 1.97 bits per heavy atom. The number of amides is 1. The molecule has 1 amide bonds. The lowest BCUT2D eigenvalue weighted by Crippen LogP contribution is -2.17. The highest BCUT2D eigenvalue weighted by Gasteiger charge is 2.17. The molecular weight excluding hydrogens is 404 g/mol. The van der Waals surface area contributed by atoms with Crippen molar-refractivity contribution < 1.29 is 18.7 Å². The summed E-state index contributed by atoms with van der Waals surface area (Å²) >= 11 is 1.27. The number of hydrogen-bond acceptors (Lipinski definition) is 7. The van der Waals surface area contributed by atoms with Crippen LogP contribution in [0.3, 0.4) is 0 Å². The van der Waals surface area contributed by atoms with E-state index in [4.69, 9.17) is 9.15 Å².